The first-order valence-electron chi connectivity index (χ1n) is 9.99. The van der Waals surface area contributed by atoms with E-state index < -0.39 is 0 Å². The van der Waals surface area contributed by atoms with Crippen LogP contribution in [-0.2, 0) is 0 Å². The molecule has 0 saturated heterocycles. The molecular formula is C25H24N2O3. The molecule has 0 fully saturated rings. The van der Waals surface area contributed by atoms with Crippen LogP contribution in [0, 0.1) is 13.8 Å². The summed E-state index contributed by atoms with van der Waals surface area (Å²) in [5.41, 5.74) is 4.03. The van der Waals surface area contributed by atoms with Gasteiger partial charge in [-0.2, -0.15) is 0 Å². The van der Waals surface area contributed by atoms with Crippen LogP contribution in [0.3, 0.4) is 0 Å². The Morgan fingerprint density at radius 2 is 1.77 bits per heavy atom. The minimum atomic E-state index is -0.102. The Morgan fingerprint density at radius 3 is 2.53 bits per heavy atom. The molecule has 3 aromatic rings. The van der Waals surface area contributed by atoms with Crippen LogP contribution in [-0.4, -0.2) is 30.6 Å². The monoisotopic (exact) mass is 400 g/mol. The Bertz CT molecular complexity index is 1080. The van der Waals surface area contributed by atoms with E-state index in [1.54, 1.807) is 4.90 Å². The van der Waals surface area contributed by atoms with Crippen molar-refractivity contribution in [3.8, 4) is 11.5 Å². The van der Waals surface area contributed by atoms with E-state index in [-0.39, 0.29) is 5.91 Å². The van der Waals surface area contributed by atoms with Gasteiger partial charge in [0.1, 0.15) is 13.2 Å². The Kier molecular flexibility index (Phi) is 5.80. The molecule has 152 valence electrons. The predicted octanol–water partition coefficient (Wildman–Crippen LogP) is 4.83. The highest BCUT2D eigenvalue weighted by Crippen LogP contribution is 2.34. The minimum Gasteiger partial charge on any atom is -0.486 e. The summed E-state index contributed by atoms with van der Waals surface area (Å²) in [5.74, 6) is 1.25. The molecule has 2 heterocycles. The van der Waals surface area contributed by atoms with Crippen molar-refractivity contribution >= 4 is 17.7 Å². The van der Waals surface area contributed by atoms with E-state index in [9.17, 15) is 4.79 Å². The minimum absolute atomic E-state index is 0.102. The van der Waals surface area contributed by atoms with Crippen LogP contribution in [0.25, 0.3) is 6.08 Å². The van der Waals surface area contributed by atoms with Crippen molar-refractivity contribution in [2.45, 2.75) is 13.8 Å². The van der Waals surface area contributed by atoms with Gasteiger partial charge in [0, 0.05) is 24.0 Å². The number of aryl methyl sites for hydroxylation is 2. The third-order valence-corrected chi connectivity index (χ3v) is 4.94. The second kappa shape index (κ2) is 8.82. The fraction of sp³-hybridized carbons (Fsp3) is 0.200. The lowest BCUT2D eigenvalue weighted by Gasteiger charge is -2.25. The first-order chi connectivity index (χ1) is 14.6. The number of ether oxygens (including phenoxy) is 2. The molecule has 2 aromatic carbocycles. The van der Waals surface area contributed by atoms with Gasteiger partial charge in [-0.25, -0.2) is 0 Å². The molecule has 0 spiro atoms. The highest BCUT2D eigenvalue weighted by molar-refractivity contribution is 6.07. The van der Waals surface area contributed by atoms with E-state index in [1.807, 2.05) is 86.7 Å². The number of anilines is 1. The average Bonchev–Trinajstić information content (AvgIpc) is 2.77. The van der Waals surface area contributed by atoms with Gasteiger partial charge in [-0.3, -0.25) is 9.78 Å². The lowest BCUT2D eigenvalue weighted by atomic mass is 10.1. The van der Waals surface area contributed by atoms with Crippen LogP contribution >= 0.6 is 0 Å². The highest BCUT2D eigenvalue weighted by atomic mass is 16.6. The zero-order chi connectivity index (χ0) is 20.9. The molecule has 0 radical (unpaired) electrons. The van der Waals surface area contributed by atoms with Crippen LogP contribution < -0.4 is 14.4 Å². The number of aromatic nitrogens is 1. The molecule has 0 N–H and O–H groups in total. The van der Waals surface area contributed by atoms with Crippen molar-refractivity contribution in [3.63, 3.8) is 0 Å². The molecule has 0 aliphatic carbocycles. The topological polar surface area (TPSA) is 51.7 Å². The normalized spacial score (nSPS) is 12.7. The van der Waals surface area contributed by atoms with Crippen molar-refractivity contribution in [2.24, 2.45) is 0 Å². The summed E-state index contributed by atoms with van der Waals surface area (Å²) in [4.78, 5) is 19.7. The zero-order valence-electron chi connectivity index (χ0n) is 17.2. The SMILES string of the molecule is Cc1ccc(C(=O)N(C/C=C/c2ccccc2)c2ccc3c(c2)OCCO3)c(C)n1. The van der Waals surface area contributed by atoms with Crippen LogP contribution in [0.5, 0.6) is 11.5 Å². The van der Waals surface area contributed by atoms with Crippen LogP contribution in [0.2, 0.25) is 0 Å². The number of rotatable bonds is 5. The van der Waals surface area contributed by atoms with E-state index in [1.165, 1.54) is 0 Å². The molecule has 5 nitrogen and oxygen atoms in total. The number of carbonyl (C=O) groups excluding carboxylic acids is 1. The molecule has 0 bridgehead atoms. The van der Waals surface area contributed by atoms with Crippen molar-refractivity contribution in [1.29, 1.82) is 0 Å². The van der Waals surface area contributed by atoms with Crippen LogP contribution in [0.15, 0.2) is 66.7 Å². The van der Waals surface area contributed by atoms with Crippen molar-refractivity contribution in [3.05, 3.63) is 89.3 Å². The lowest BCUT2D eigenvalue weighted by Crippen LogP contribution is -2.32. The molecule has 30 heavy (non-hydrogen) atoms. The zero-order valence-corrected chi connectivity index (χ0v) is 17.2. The van der Waals surface area contributed by atoms with Gasteiger partial charge in [0.15, 0.2) is 11.5 Å². The largest absolute Gasteiger partial charge is 0.486 e. The maximum Gasteiger partial charge on any atom is 0.260 e. The van der Waals surface area contributed by atoms with Gasteiger partial charge in [-0.05, 0) is 43.7 Å². The Morgan fingerprint density at radius 1 is 1.00 bits per heavy atom. The molecule has 0 atom stereocenters. The fourth-order valence-electron chi connectivity index (χ4n) is 3.42. The number of carbonyl (C=O) groups is 1. The molecule has 1 aliphatic rings. The average molecular weight is 400 g/mol. The maximum absolute atomic E-state index is 13.5. The van der Waals surface area contributed by atoms with Gasteiger partial charge in [-0.1, -0.05) is 42.5 Å². The van der Waals surface area contributed by atoms with Gasteiger partial charge in [0.05, 0.1) is 11.3 Å². The molecule has 4 rings (SSSR count). The molecule has 1 aromatic heterocycles. The Labute approximate surface area is 176 Å². The number of benzene rings is 2. The molecule has 1 amide bonds. The summed E-state index contributed by atoms with van der Waals surface area (Å²) in [6, 6.07) is 19.3. The van der Waals surface area contributed by atoms with Gasteiger partial charge >= 0.3 is 0 Å². The van der Waals surface area contributed by atoms with Crippen LogP contribution in [0.4, 0.5) is 5.69 Å². The van der Waals surface area contributed by atoms with Gasteiger partial charge in [0.2, 0.25) is 0 Å². The molecule has 1 aliphatic heterocycles. The molecule has 0 saturated carbocycles. The molecule has 0 unspecified atom stereocenters. The summed E-state index contributed by atoms with van der Waals surface area (Å²) >= 11 is 0. The summed E-state index contributed by atoms with van der Waals surface area (Å²) in [7, 11) is 0. The summed E-state index contributed by atoms with van der Waals surface area (Å²) < 4.78 is 11.3. The summed E-state index contributed by atoms with van der Waals surface area (Å²) in [6.07, 6.45) is 4.00. The summed E-state index contributed by atoms with van der Waals surface area (Å²) in [5, 5.41) is 0. The van der Waals surface area contributed by atoms with Gasteiger partial charge in [-0.15, -0.1) is 0 Å². The summed E-state index contributed by atoms with van der Waals surface area (Å²) in [6.45, 7) is 5.23. The van der Waals surface area contributed by atoms with E-state index in [0.717, 1.165) is 22.6 Å². The maximum atomic E-state index is 13.5. The third-order valence-electron chi connectivity index (χ3n) is 4.94. The van der Waals surface area contributed by atoms with Crippen LogP contribution in [0.1, 0.15) is 27.3 Å². The number of hydrogen-bond acceptors (Lipinski definition) is 4. The van der Waals surface area contributed by atoms with E-state index in [2.05, 4.69) is 4.98 Å². The van der Waals surface area contributed by atoms with Gasteiger partial charge in [0.25, 0.3) is 5.91 Å². The predicted molar refractivity (Wildman–Crippen MR) is 118 cm³/mol. The lowest BCUT2D eigenvalue weighted by molar-refractivity contribution is 0.0988. The fourth-order valence-corrected chi connectivity index (χ4v) is 3.42. The standard InChI is InChI=1S/C25H24N2O3/c1-18-10-12-22(19(2)26-18)25(28)27(14-6-9-20-7-4-3-5-8-20)21-11-13-23-24(17-21)30-16-15-29-23/h3-13,17H,14-16H2,1-2H3/b9-6+. The first kappa shape index (κ1) is 19.7. The Balaban J connectivity index is 1.67. The van der Waals surface area contributed by atoms with E-state index >= 15 is 0 Å². The van der Waals surface area contributed by atoms with Crippen molar-refractivity contribution < 1.29 is 14.3 Å². The van der Waals surface area contributed by atoms with Gasteiger partial charge < -0.3 is 14.4 Å². The third kappa shape index (κ3) is 4.35. The van der Waals surface area contributed by atoms with E-state index in [4.69, 9.17) is 9.47 Å². The van der Waals surface area contributed by atoms with E-state index in [0.29, 0.717) is 36.8 Å². The molecular weight excluding hydrogens is 376 g/mol. The second-order valence-corrected chi connectivity index (χ2v) is 7.14. The molecule has 5 heteroatoms. The number of fused-ring (bicyclic) bond motifs is 1. The van der Waals surface area contributed by atoms with Crippen molar-refractivity contribution in [1.82, 2.24) is 4.98 Å². The first-order valence-corrected chi connectivity index (χ1v) is 9.99. The van der Waals surface area contributed by atoms with Crippen molar-refractivity contribution in [2.75, 3.05) is 24.7 Å². The highest BCUT2D eigenvalue weighted by Gasteiger charge is 2.21. The Hall–Kier alpha value is -3.60. The quantitative estimate of drug-likeness (QED) is 0.616. The smallest absolute Gasteiger partial charge is 0.260 e. The number of hydrogen-bond donors (Lipinski definition) is 0. The second-order valence-electron chi connectivity index (χ2n) is 7.14. The number of amides is 1. The number of pyridine rings is 1. The number of nitrogens with zero attached hydrogens (tertiary/aromatic N) is 2.